The third-order valence-corrected chi connectivity index (χ3v) is 3.79. The molecular weight excluding hydrogens is 334 g/mol. The molecule has 0 fully saturated rings. The van der Waals surface area contributed by atoms with Crippen molar-refractivity contribution in [1.29, 1.82) is 0 Å². The van der Waals surface area contributed by atoms with Crippen molar-refractivity contribution in [2.45, 2.75) is 13.8 Å². The molecule has 0 aliphatic heterocycles. The van der Waals surface area contributed by atoms with Crippen LogP contribution >= 0.6 is 0 Å². The molecule has 0 radical (unpaired) electrons. The standard InChI is InChI=1S/C18H19N5O3/c1-4-26-18(25)21-13-7-5-12(6-8-13)17(24)20-14-9-15-11(2)22-23(3)16(15)19-10-14/h5-10H,4H2,1-3H3,(H,20,24)(H,21,25). The van der Waals surface area contributed by atoms with E-state index in [1.54, 1.807) is 42.1 Å². The Kier molecular flexibility index (Phi) is 4.83. The van der Waals surface area contributed by atoms with Gasteiger partial charge in [0.25, 0.3) is 5.91 Å². The van der Waals surface area contributed by atoms with E-state index in [2.05, 4.69) is 20.7 Å². The summed E-state index contributed by atoms with van der Waals surface area (Å²) in [7, 11) is 1.83. The second-order valence-electron chi connectivity index (χ2n) is 5.68. The lowest BCUT2D eigenvalue weighted by Gasteiger charge is -2.07. The third-order valence-electron chi connectivity index (χ3n) is 3.79. The van der Waals surface area contributed by atoms with Gasteiger partial charge in [0, 0.05) is 23.7 Å². The molecule has 0 aliphatic carbocycles. The predicted molar refractivity (Wildman–Crippen MR) is 98.3 cm³/mol. The van der Waals surface area contributed by atoms with Crippen LogP contribution in [0.2, 0.25) is 0 Å². The highest BCUT2D eigenvalue weighted by molar-refractivity contribution is 6.05. The second-order valence-corrected chi connectivity index (χ2v) is 5.68. The lowest BCUT2D eigenvalue weighted by molar-refractivity contribution is 0.102. The van der Waals surface area contributed by atoms with Gasteiger partial charge in [0.2, 0.25) is 0 Å². The summed E-state index contributed by atoms with van der Waals surface area (Å²) in [5, 5.41) is 10.6. The van der Waals surface area contributed by atoms with E-state index >= 15 is 0 Å². The Bertz CT molecular complexity index is 963. The van der Waals surface area contributed by atoms with Crippen LogP contribution in [-0.2, 0) is 11.8 Å². The van der Waals surface area contributed by atoms with E-state index < -0.39 is 6.09 Å². The molecule has 134 valence electrons. The molecule has 2 heterocycles. The van der Waals surface area contributed by atoms with Gasteiger partial charge in [0.1, 0.15) is 0 Å². The molecule has 0 spiro atoms. The molecule has 8 nitrogen and oxygen atoms in total. The van der Waals surface area contributed by atoms with E-state index in [0.29, 0.717) is 23.5 Å². The first-order valence-corrected chi connectivity index (χ1v) is 8.12. The zero-order chi connectivity index (χ0) is 18.7. The molecule has 2 N–H and O–H groups in total. The first-order valence-electron chi connectivity index (χ1n) is 8.12. The Hall–Kier alpha value is -3.42. The molecule has 0 aliphatic rings. The molecule has 26 heavy (non-hydrogen) atoms. The molecular formula is C18H19N5O3. The fourth-order valence-corrected chi connectivity index (χ4v) is 2.57. The van der Waals surface area contributed by atoms with Crippen LogP contribution in [0.4, 0.5) is 16.2 Å². The van der Waals surface area contributed by atoms with Crippen LogP contribution in [0.25, 0.3) is 11.0 Å². The Morgan fingerprint density at radius 3 is 2.58 bits per heavy atom. The first kappa shape index (κ1) is 17.4. The van der Waals surface area contributed by atoms with Gasteiger partial charge in [-0.25, -0.2) is 9.78 Å². The number of hydrogen-bond donors (Lipinski definition) is 2. The van der Waals surface area contributed by atoms with E-state index in [0.717, 1.165) is 16.7 Å². The minimum absolute atomic E-state index is 0.268. The summed E-state index contributed by atoms with van der Waals surface area (Å²) in [5.74, 6) is -0.268. The summed E-state index contributed by atoms with van der Waals surface area (Å²) in [6, 6.07) is 8.37. The number of anilines is 2. The summed E-state index contributed by atoms with van der Waals surface area (Å²) in [6.07, 6.45) is 1.06. The number of amides is 2. The highest BCUT2D eigenvalue weighted by Crippen LogP contribution is 2.20. The number of nitrogens with zero attached hydrogens (tertiary/aromatic N) is 3. The third kappa shape index (κ3) is 3.64. The molecule has 0 unspecified atom stereocenters. The highest BCUT2D eigenvalue weighted by atomic mass is 16.5. The van der Waals surface area contributed by atoms with E-state index in [4.69, 9.17) is 4.74 Å². The molecule has 3 rings (SSSR count). The summed E-state index contributed by atoms with van der Waals surface area (Å²) < 4.78 is 6.51. The molecule has 0 saturated heterocycles. The number of carbonyl (C=O) groups excluding carboxylic acids is 2. The van der Waals surface area contributed by atoms with Gasteiger partial charge in [-0.3, -0.25) is 14.8 Å². The number of aryl methyl sites for hydroxylation is 2. The van der Waals surface area contributed by atoms with Crippen molar-refractivity contribution in [3.63, 3.8) is 0 Å². The second kappa shape index (κ2) is 7.22. The number of pyridine rings is 1. The van der Waals surface area contributed by atoms with Gasteiger partial charge < -0.3 is 10.1 Å². The maximum atomic E-state index is 12.4. The number of benzene rings is 1. The van der Waals surface area contributed by atoms with Gasteiger partial charge in [-0.2, -0.15) is 5.10 Å². The Morgan fingerprint density at radius 2 is 1.88 bits per heavy atom. The van der Waals surface area contributed by atoms with Crippen molar-refractivity contribution in [1.82, 2.24) is 14.8 Å². The van der Waals surface area contributed by atoms with Crippen molar-refractivity contribution in [2.24, 2.45) is 7.05 Å². The van der Waals surface area contributed by atoms with Crippen LogP contribution in [0.3, 0.4) is 0 Å². The van der Waals surface area contributed by atoms with Gasteiger partial charge in [-0.1, -0.05) is 0 Å². The lowest BCUT2D eigenvalue weighted by Crippen LogP contribution is -2.14. The number of carbonyl (C=O) groups is 2. The highest BCUT2D eigenvalue weighted by Gasteiger charge is 2.11. The predicted octanol–water partition coefficient (Wildman–Crippen LogP) is 3.10. The molecule has 0 atom stereocenters. The number of ether oxygens (including phenoxy) is 1. The minimum Gasteiger partial charge on any atom is -0.450 e. The number of fused-ring (bicyclic) bond motifs is 1. The van der Waals surface area contributed by atoms with E-state index in [-0.39, 0.29) is 5.91 Å². The van der Waals surface area contributed by atoms with Crippen molar-refractivity contribution in [3.05, 3.63) is 47.8 Å². The van der Waals surface area contributed by atoms with E-state index in [9.17, 15) is 9.59 Å². The number of rotatable bonds is 4. The smallest absolute Gasteiger partial charge is 0.411 e. The van der Waals surface area contributed by atoms with Gasteiger partial charge >= 0.3 is 6.09 Å². The molecule has 2 amide bonds. The van der Waals surface area contributed by atoms with Crippen LogP contribution in [0, 0.1) is 6.92 Å². The van der Waals surface area contributed by atoms with Crippen LogP contribution in [0.5, 0.6) is 0 Å². The van der Waals surface area contributed by atoms with E-state index in [1.165, 1.54) is 0 Å². The SMILES string of the molecule is CCOC(=O)Nc1ccc(C(=O)Nc2cnc3c(c2)c(C)nn3C)cc1. The quantitative estimate of drug-likeness (QED) is 0.751. The first-order chi connectivity index (χ1) is 12.5. The topological polar surface area (TPSA) is 98.1 Å². The zero-order valence-electron chi connectivity index (χ0n) is 14.7. The van der Waals surface area contributed by atoms with Crippen molar-refractivity contribution in [3.8, 4) is 0 Å². The summed E-state index contributed by atoms with van der Waals surface area (Å²) >= 11 is 0. The molecule has 0 bridgehead atoms. The van der Waals surface area contributed by atoms with Crippen molar-refractivity contribution >= 4 is 34.4 Å². The fourth-order valence-electron chi connectivity index (χ4n) is 2.57. The zero-order valence-corrected chi connectivity index (χ0v) is 14.7. The van der Waals surface area contributed by atoms with Gasteiger partial charge in [0.05, 0.1) is 24.2 Å². The largest absolute Gasteiger partial charge is 0.450 e. The van der Waals surface area contributed by atoms with Gasteiger partial charge in [-0.15, -0.1) is 0 Å². The Balaban J connectivity index is 1.71. The van der Waals surface area contributed by atoms with E-state index in [1.807, 2.05) is 20.0 Å². The van der Waals surface area contributed by atoms with Crippen LogP contribution in [0.15, 0.2) is 36.5 Å². The molecule has 3 aromatic rings. The minimum atomic E-state index is -0.532. The maximum Gasteiger partial charge on any atom is 0.411 e. The number of nitrogens with one attached hydrogen (secondary N) is 2. The lowest BCUT2D eigenvalue weighted by atomic mass is 10.2. The number of hydrogen-bond acceptors (Lipinski definition) is 5. The van der Waals surface area contributed by atoms with Crippen LogP contribution in [-0.4, -0.2) is 33.4 Å². The Morgan fingerprint density at radius 1 is 1.15 bits per heavy atom. The van der Waals surface area contributed by atoms with Crippen molar-refractivity contribution in [2.75, 3.05) is 17.2 Å². The molecule has 1 aromatic carbocycles. The summed E-state index contributed by atoms with van der Waals surface area (Å²) in [6.45, 7) is 3.91. The van der Waals surface area contributed by atoms with Crippen LogP contribution in [0.1, 0.15) is 23.0 Å². The van der Waals surface area contributed by atoms with Gasteiger partial charge in [0.15, 0.2) is 5.65 Å². The number of aromatic nitrogens is 3. The normalized spacial score (nSPS) is 10.6. The van der Waals surface area contributed by atoms with Gasteiger partial charge in [-0.05, 0) is 44.2 Å². The Labute approximate surface area is 150 Å². The molecule has 0 saturated carbocycles. The molecule has 2 aromatic heterocycles. The summed E-state index contributed by atoms with van der Waals surface area (Å²) in [5.41, 5.74) is 3.21. The molecule has 8 heteroatoms. The fraction of sp³-hybridized carbons (Fsp3) is 0.222. The average Bonchev–Trinajstić information content (AvgIpc) is 2.89. The maximum absolute atomic E-state index is 12.4. The van der Waals surface area contributed by atoms with Crippen LogP contribution < -0.4 is 10.6 Å². The van der Waals surface area contributed by atoms with Crippen molar-refractivity contribution < 1.29 is 14.3 Å². The monoisotopic (exact) mass is 353 g/mol. The average molecular weight is 353 g/mol. The summed E-state index contributed by atoms with van der Waals surface area (Å²) in [4.78, 5) is 28.1.